The van der Waals surface area contributed by atoms with E-state index in [1.165, 1.54) is 0 Å². The van der Waals surface area contributed by atoms with Gasteiger partial charge in [-0.2, -0.15) is 0 Å². The van der Waals surface area contributed by atoms with Crippen molar-refractivity contribution in [3.05, 3.63) is 215 Å². The molecule has 0 saturated carbocycles. The van der Waals surface area contributed by atoms with Gasteiger partial charge in [-0.25, -0.2) is 19.6 Å². The fourth-order valence-corrected chi connectivity index (χ4v) is 7.96. The Morgan fingerprint density at radius 1 is 0.452 bits per heavy atom. The predicted octanol–water partition coefficient (Wildman–Crippen LogP) is 8.78. The van der Waals surface area contributed by atoms with E-state index in [4.69, 9.17) is 9.98 Å². The van der Waals surface area contributed by atoms with Crippen LogP contribution in [0.25, 0.3) is 0 Å². The zero-order valence-electron chi connectivity index (χ0n) is 34.6. The van der Waals surface area contributed by atoms with Gasteiger partial charge in [0, 0.05) is 50.9 Å². The van der Waals surface area contributed by atoms with E-state index in [2.05, 4.69) is 0 Å². The Balaban J connectivity index is 1.45. The Morgan fingerprint density at radius 3 is 1.05 bits per heavy atom. The van der Waals surface area contributed by atoms with Crippen LogP contribution in [0, 0.1) is 0 Å². The standard InChI is InChI=1S/C51H44N6O5/c1-54(2)37-25-29-39(30-26-37)56-45(35-21-13-7-14-22-35)41(33-17-9-5-10-18-33)52-43(47(56)50(59)60)49(58)44-48(51(61)62)57(40-31-27-38(28-32-40)55(3)4)46(36-23-15-8-16-24-36)42(53-44)34-19-11-6-12-20-34/h5-32,45-46H,1-4H3,(H,59,60)(H,61,62). The lowest BCUT2D eigenvalue weighted by Crippen LogP contribution is -2.43. The second-order valence-electron chi connectivity index (χ2n) is 15.2. The topological polar surface area (TPSA) is 129 Å². The van der Waals surface area contributed by atoms with E-state index in [0.29, 0.717) is 33.9 Å². The first-order valence-electron chi connectivity index (χ1n) is 20.0. The summed E-state index contributed by atoms with van der Waals surface area (Å²) in [6.45, 7) is 0. The highest BCUT2D eigenvalue weighted by Gasteiger charge is 2.45. The number of carbonyl (C=O) groups excluding carboxylic acids is 1. The maximum atomic E-state index is 15.7. The minimum Gasteiger partial charge on any atom is -0.477 e. The van der Waals surface area contributed by atoms with E-state index in [-0.39, 0.29) is 0 Å². The van der Waals surface area contributed by atoms with Crippen LogP contribution < -0.4 is 19.6 Å². The van der Waals surface area contributed by atoms with Crippen LogP contribution in [0.4, 0.5) is 22.7 Å². The molecule has 2 atom stereocenters. The van der Waals surface area contributed by atoms with Crippen molar-refractivity contribution in [3.63, 3.8) is 0 Å². The molecule has 0 amide bonds. The van der Waals surface area contributed by atoms with Gasteiger partial charge in [0.05, 0.1) is 11.4 Å². The van der Waals surface area contributed by atoms with E-state index >= 15 is 4.79 Å². The Labute approximate surface area is 360 Å². The summed E-state index contributed by atoms with van der Waals surface area (Å²) in [6.07, 6.45) is 0. The van der Waals surface area contributed by atoms with Gasteiger partial charge in [-0.05, 0) is 70.8 Å². The van der Waals surface area contributed by atoms with Crippen molar-refractivity contribution in [2.24, 2.45) is 9.98 Å². The van der Waals surface area contributed by atoms with Crippen molar-refractivity contribution in [3.8, 4) is 0 Å². The van der Waals surface area contributed by atoms with Crippen LogP contribution in [-0.2, 0) is 14.4 Å². The van der Waals surface area contributed by atoms with Gasteiger partial charge in [0.2, 0.25) is 5.78 Å². The molecule has 0 aliphatic carbocycles. The number of hydrogen-bond acceptors (Lipinski definition) is 9. The van der Waals surface area contributed by atoms with Crippen molar-refractivity contribution >= 4 is 51.9 Å². The van der Waals surface area contributed by atoms with Crippen LogP contribution in [0.2, 0.25) is 0 Å². The first kappa shape index (κ1) is 40.7. The highest BCUT2D eigenvalue weighted by molar-refractivity contribution is 6.24. The second-order valence-corrected chi connectivity index (χ2v) is 15.2. The smallest absolute Gasteiger partial charge is 0.354 e. The number of aliphatic imine (C=N–C) groups is 2. The molecule has 0 fully saturated rings. The fourth-order valence-electron chi connectivity index (χ4n) is 7.96. The summed E-state index contributed by atoms with van der Waals surface area (Å²) in [5, 5.41) is 22.7. The molecule has 6 aromatic carbocycles. The molecule has 2 aliphatic rings. The number of benzene rings is 6. The number of rotatable bonds is 12. The van der Waals surface area contributed by atoms with Crippen LogP contribution >= 0.6 is 0 Å². The van der Waals surface area contributed by atoms with Crippen LogP contribution in [0.15, 0.2) is 203 Å². The van der Waals surface area contributed by atoms with E-state index in [9.17, 15) is 19.8 Å². The van der Waals surface area contributed by atoms with E-state index in [1.54, 1.807) is 9.80 Å². The maximum absolute atomic E-state index is 15.7. The molecular formula is C51H44N6O5. The third-order valence-electron chi connectivity index (χ3n) is 10.9. The number of Topliss-reactive ketones (excluding diaryl/α,β-unsaturated/α-hetero) is 1. The van der Waals surface area contributed by atoms with Gasteiger partial charge >= 0.3 is 11.9 Å². The van der Waals surface area contributed by atoms with Crippen molar-refractivity contribution in [2.45, 2.75) is 12.1 Å². The number of carboxylic acids is 2. The minimum absolute atomic E-state index is 0.390. The molecule has 11 nitrogen and oxygen atoms in total. The molecular weight excluding hydrogens is 777 g/mol. The van der Waals surface area contributed by atoms with Gasteiger partial charge in [0.1, 0.15) is 23.5 Å². The monoisotopic (exact) mass is 820 g/mol. The molecule has 308 valence electrons. The predicted molar refractivity (Wildman–Crippen MR) is 245 cm³/mol. The highest BCUT2D eigenvalue weighted by Crippen LogP contribution is 2.44. The largest absolute Gasteiger partial charge is 0.477 e. The highest BCUT2D eigenvalue weighted by atomic mass is 16.4. The molecule has 2 heterocycles. The molecule has 0 radical (unpaired) electrons. The molecule has 0 bridgehead atoms. The third-order valence-corrected chi connectivity index (χ3v) is 10.9. The van der Waals surface area contributed by atoms with Crippen LogP contribution in [0.5, 0.6) is 0 Å². The van der Waals surface area contributed by atoms with Crippen LogP contribution in [0.1, 0.15) is 34.3 Å². The Hall–Kier alpha value is -8.05. The van der Waals surface area contributed by atoms with Crippen molar-refractivity contribution < 1.29 is 24.6 Å². The first-order chi connectivity index (χ1) is 30.0. The summed E-state index contributed by atoms with van der Waals surface area (Å²) in [7, 11) is 7.64. The average molecular weight is 821 g/mol. The summed E-state index contributed by atoms with van der Waals surface area (Å²) in [4.78, 5) is 60.7. The average Bonchev–Trinajstić information content (AvgIpc) is 3.31. The summed E-state index contributed by atoms with van der Waals surface area (Å²) < 4.78 is 0. The number of carboxylic acid groups (broad SMARTS) is 2. The molecule has 11 heteroatoms. The van der Waals surface area contributed by atoms with Crippen molar-refractivity contribution in [1.82, 2.24) is 0 Å². The molecule has 2 N–H and O–H groups in total. The molecule has 0 saturated heterocycles. The number of hydrogen-bond donors (Lipinski definition) is 2. The molecule has 8 rings (SSSR count). The minimum atomic E-state index is -1.43. The molecule has 2 unspecified atom stereocenters. The summed E-state index contributed by atoms with van der Waals surface area (Å²) in [6, 6.07) is 50.4. The van der Waals surface area contributed by atoms with E-state index < -0.39 is 52.6 Å². The molecule has 6 aromatic rings. The van der Waals surface area contributed by atoms with Crippen molar-refractivity contribution in [1.29, 1.82) is 0 Å². The number of ketones is 1. The first-order valence-corrected chi connectivity index (χ1v) is 20.0. The van der Waals surface area contributed by atoms with E-state index in [1.807, 2.05) is 208 Å². The van der Waals surface area contributed by atoms with Gasteiger partial charge in [0.15, 0.2) is 11.4 Å². The lowest BCUT2D eigenvalue weighted by atomic mass is 9.89. The fraction of sp³-hybridized carbons (Fsp3) is 0.118. The zero-order valence-corrected chi connectivity index (χ0v) is 34.6. The lowest BCUT2D eigenvalue weighted by molar-refractivity contribution is -0.133. The molecule has 2 aliphatic heterocycles. The summed E-state index contributed by atoms with van der Waals surface area (Å²) >= 11 is 0. The van der Waals surface area contributed by atoms with Crippen molar-refractivity contribution in [2.75, 3.05) is 47.8 Å². The quantitative estimate of drug-likeness (QED) is 0.125. The number of aliphatic carboxylic acids is 2. The van der Waals surface area contributed by atoms with Crippen LogP contribution in [-0.4, -0.2) is 67.5 Å². The maximum Gasteiger partial charge on any atom is 0.354 e. The van der Waals surface area contributed by atoms with Gasteiger partial charge in [-0.3, -0.25) is 4.79 Å². The third kappa shape index (κ3) is 7.75. The van der Waals surface area contributed by atoms with E-state index in [0.717, 1.165) is 22.5 Å². The Bertz CT molecular complexity index is 2560. The number of carbonyl (C=O) groups is 3. The number of nitrogens with zero attached hydrogens (tertiary/aromatic N) is 6. The number of anilines is 4. The lowest BCUT2D eigenvalue weighted by Gasteiger charge is -2.40. The normalized spacial score (nSPS) is 16.4. The molecule has 62 heavy (non-hydrogen) atoms. The SMILES string of the molecule is CN(C)c1ccc(N2C(C(=O)O)=C(C(=O)C3=C(C(=O)O)N(c4ccc(N(C)C)cc4)C(c4ccccc4)C(c4ccccc4)=N3)N=C(c3ccccc3)C2c2ccccc2)cc1. The van der Waals surface area contributed by atoms with Crippen LogP contribution in [0.3, 0.4) is 0 Å². The zero-order chi connectivity index (χ0) is 43.5. The van der Waals surface area contributed by atoms with Gasteiger partial charge < -0.3 is 29.8 Å². The van der Waals surface area contributed by atoms with Gasteiger partial charge in [-0.1, -0.05) is 121 Å². The van der Waals surface area contributed by atoms with Gasteiger partial charge in [-0.15, -0.1) is 0 Å². The Morgan fingerprint density at radius 2 is 0.758 bits per heavy atom. The Kier molecular flexibility index (Phi) is 11.3. The summed E-state index contributed by atoms with van der Waals surface area (Å²) in [5.41, 5.74) is 4.43. The second kappa shape index (κ2) is 17.3. The molecule has 0 spiro atoms. The molecule has 0 aromatic heterocycles. The summed E-state index contributed by atoms with van der Waals surface area (Å²) in [5.74, 6) is -3.83. The van der Waals surface area contributed by atoms with Gasteiger partial charge in [0.25, 0.3) is 0 Å².